The van der Waals surface area contributed by atoms with Crippen molar-refractivity contribution in [2.45, 2.75) is 5.75 Å². The van der Waals surface area contributed by atoms with Gasteiger partial charge in [0.1, 0.15) is 12.3 Å². The Morgan fingerprint density at radius 1 is 1.38 bits per heavy atom. The second-order valence-electron chi connectivity index (χ2n) is 4.67. The molecule has 1 amide bonds. The van der Waals surface area contributed by atoms with Crippen molar-refractivity contribution in [3.05, 3.63) is 69.4 Å². The van der Waals surface area contributed by atoms with E-state index in [1.165, 1.54) is 11.0 Å². The number of hydrogen-bond acceptors (Lipinski definition) is 5. The van der Waals surface area contributed by atoms with Crippen LogP contribution in [0.15, 0.2) is 54.2 Å². The van der Waals surface area contributed by atoms with Crippen LogP contribution in [0.2, 0.25) is 5.02 Å². The largest absolute Gasteiger partial charge is 0.444 e. The number of carbonyl (C=O) groups is 1. The summed E-state index contributed by atoms with van der Waals surface area (Å²) in [5, 5.41) is 4.88. The van der Waals surface area contributed by atoms with Gasteiger partial charge >= 0.3 is 6.09 Å². The zero-order valence-electron chi connectivity index (χ0n) is 13.1. The summed E-state index contributed by atoms with van der Waals surface area (Å²) in [7, 11) is 0. The number of amides is 1. The summed E-state index contributed by atoms with van der Waals surface area (Å²) in [6.45, 7) is 3.63. The molecule has 2 aromatic rings. The summed E-state index contributed by atoms with van der Waals surface area (Å²) < 4.78 is 4.88. The van der Waals surface area contributed by atoms with Crippen LogP contribution in [0.1, 0.15) is 15.3 Å². The molecule has 0 atom stereocenters. The van der Waals surface area contributed by atoms with E-state index in [4.69, 9.17) is 16.3 Å². The molecule has 0 aliphatic rings. The Morgan fingerprint density at radius 3 is 2.79 bits per heavy atom. The molecule has 4 nitrogen and oxygen atoms in total. The van der Waals surface area contributed by atoms with E-state index >= 15 is 0 Å². The van der Waals surface area contributed by atoms with Crippen LogP contribution in [0.25, 0.3) is 0 Å². The number of benzene rings is 1. The fourth-order valence-electron chi connectivity index (χ4n) is 1.86. The molecule has 24 heavy (non-hydrogen) atoms. The van der Waals surface area contributed by atoms with E-state index < -0.39 is 6.09 Å². The van der Waals surface area contributed by atoms with E-state index in [2.05, 4.69) is 29.4 Å². The lowest BCUT2D eigenvalue weighted by atomic mass is 10.1. The number of nitrogens with zero attached hydrogens (tertiary/aromatic N) is 1. The minimum atomic E-state index is -0.623. The number of hydrazone groups is 1. The van der Waals surface area contributed by atoms with Crippen LogP contribution in [0.4, 0.5) is 4.79 Å². The van der Waals surface area contributed by atoms with Gasteiger partial charge in [0.2, 0.25) is 0 Å². The SMILES string of the molecule is C=CCOC(=O)NN=C(c1ccc(Cl)cc1)c1ccc(CSC)s1. The predicted octanol–water partition coefficient (Wildman–Crippen LogP) is 4.93. The molecular weight excluding hydrogens is 364 g/mol. The van der Waals surface area contributed by atoms with Crippen molar-refractivity contribution in [1.29, 1.82) is 0 Å². The standard InChI is InChI=1S/C17H17ClN2O2S2/c1-3-10-22-17(21)20-19-16(12-4-6-13(18)7-5-12)15-9-8-14(24-15)11-23-2/h3-9H,1,10-11H2,2H3,(H,20,21). The molecule has 7 heteroatoms. The molecule has 0 aliphatic carbocycles. The van der Waals surface area contributed by atoms with Crippen LogP contribution < -0.4 is 5.43 Å². The Morgan fingerprint density at radius 2 is 2.12 bits per heavy atom. The second-order valence-corrected chi connectivity index (χ2v) is 7.14. The molecule has 1 N–H and O–H groups in total. The van der Waals surface area contributed by atoms with Crippen LogP contribution in [-0.2, 0) is 10.5 Å². The quantitative estimate of drug-likeness (QED) is 0.421. The minimum Gasteiger partial charge on any atom is -0.444 e. The van der Waals surface area contributed by atoms with Gasteiger partial charge in [-0.2, -0.15) is 16.9 Å². The summed E-state index contributed by atoms with van der Waals surface area (Å²) in [5.74, 6) is 0.938. The van der Waals surface area contributed by atoms with Gasteiger partial charge in [-0.1, -0.05) is 36.4 Å². The molecule has 2 rings (SSSR count). The number of hydrogen-bond donors (Lipinski definition) is 1. The molecule has 0 spiro atoms. The average molecular weight is 381 g/mol. The zero-order valence-corrected chi connectivity index (χ0v) is 15.5. The molecule has 1 heterocycles. The smallest absolute Gasteiger partial charge is 0.428 e. The maximum Gasteiger partial charge on any atom is 0.428 e. The summed E-state index contributed by atoms with van der Waals surface area (Å²) in [6.07, 6.45) is 2.93. The van der Waals surface area contributed by atoms with E-state index in [1.807, 2.05) is 18.2 Å². The van der Waals surface area contributed by atoms with Crippen LogP contribution >= 0.6 is 34.7 Å². The first-order valence-corrected chi connectivity index (χ1v) is 9.68. The van der Waals surface area contributed by atoms with Gasteiger partial charge in [0.05, 0.1) is 4.88 Å². The topological polar surface area (TPSA) is 50.7 Å². The van der Waals surface area contributed by atoms with E-state index in [1.54, 1.807) is 35.2 Å². The molecule has 0 bridgehead atoms. The Hall–Kier alpha value is -1.76. The van der Waals surface area contributed by atoms with Crippen LogP contribution in [-0.4, -0.2) is 24.7 Å². The number of thioether (sulfide) groups is 1. The van der Waals surface area contributed by atoms with Gasteiger partial charge < -0.3 is 4.74 Å². The molecule has 1 aromatic heterocycles. The van der Waals surface area contributed by atoms with Gasteiger partial charge in [-0.25, -0.2) is 10.2 Å². The van der Waals surface area contributed by atoms with E-state index in [0.717, 1.165) is 16.2 Å². The first-order valence-electron chi connectivity index (χ1n) is 7.09. The first kappa shape index (κ1) is 18.6. The lowest BCUT2D eigenvalue weighted by Crippen LogP contribution is -2.21. The lowest BCUT2D eigenvalue weighted by molar-refractivity contribution is 0.159. The molecular formula is C17H17ClN2O2S2. The normalized spacial score (nSPS) is 11.2. The van der Waals surface area contributed by atoms with Crippen LogP contribution in [0.5, 0.6) is 0 Å². The number of halogens is 1. The molecule has 0 saturated carbocycles. The third-order valence-electron chi connectivity index (χ3n) is 2.89. The van der Waals surface area contributed by atoms with E-state index in [9.17, 15) is 4.79 Å². The third kappa shape index (κ3) is 5.40. The molecule has 126 valence electrons. The van der Waals surface area contributed by atoms with Crippen molar-refractivity contribution in [2.75, 3.05) is 12.9 Å². The van der Waals surface area contributed by atoms with Gasteiger partial charge in [0.15, 0.2) is 0 Å². The minimum absolute atomic E-state index is 0.133. The number of rotatable bonds is 7. The highest BCUT2D eigenvalue weighted by Gasteiger charge is 2.12. The van der Waals surface area contributed by atoms with Crippen molar-refractivity contribution in [3.8, 4) is 0 Å². The van der Waals surface area contributed by atoms with Crippen LogP contribution in [0.3, 0.4) is 0 Å². The fraction of sp³-hybridized carbons (Fsp3) is 0.176. The van der Waals surface area contributed by atoms with Gasteiger partial charge in [-0.15, -0.1) is 11.3 Å². The highest BCUT2D eigenvalue weighted by atomic mass is 35.5. The molecule has 0 unspecified atom stereocenters. The number of ether oxygens (including phenoxy) is 1. The van der Waals surface area contributed by atoms with Gasteiger partial charge in [0.25, 0.3) is 0 Å². The first-order chi connectivity index (χ1) is 11.6. The van der Waals surface area contributed by atoms with Crippen molar-refractivity contribution in [1.82, 2.24) is 5.43 Å². The molecule has 0 fully saturated rings. The third-order valence-corrected chi connectivity index (χ3v) is 5.02. The molecule has 1 aromatic carbocycles. The number of thiophene rings is 1. The highest BCUT2D eigenvalue weighted by molar-refractivity contribution is 7.97. The van der Waals surface area contributed by atoms with Crippen molar-refractivity contribution in [3.63, 3.8) is 0 Å². The Labute approximate surface area is 154 Å². The Kier molecular flexibility index (Phi) is 7.36. The highest BCUT2D eigenvalue weighted by Crippen LogP contribution is 2.24. The number of carbonyl (C=O) groups excluding carboxylic acids is 1. The van der Waals surface area contributed by atoms with Crippen molar-refractivity contribution >= 4 is 46.5 Å². The predicted molar refractivity (Wildman–Crippen MR) is 103 cm³/mol. The van der Waals surface area contributed by atoms with Gasteiger partial charge in [-0.3, -0.25) is 0 Å². The van der Waals surface area contributed by atoms with E-state index in [0.29, 0.717) is 10.7 Å². The second kappa shape index (κ2) is 9.52. The maximum absolute atomic E-state index is 11.6. The maximum atomic E-state index is 11.6. The molecule has 0 radical (unpaired) electrons. The number of nitrogens with one attached hydrogen (secondary N) is 1. The lowest BCUT2D eigenvalue weighted by Gasteiger charge is -2.06. The monoisotopic (exact) mass is 380 g/mol. The zero-order chi connectivity index (χ0) is 17.4. The summed E-state index contributed by atoms with van der Waals surface area (Å²) in [6, 6.07) is 11.4. The summed E-state index contributed by atoms with van der Waals surface area (Å²) in [4.78, 5) is 13.8. The van der Waals surface area contributed by atoms with Gasteiger partial charge in [-0.05, 0) is 30.5 Å². The Balaban J connectivity index is 2.28. The average Bonchev–Trinajstić information content (AvgIpc) is 3.03. The van der Waals surface area contributed by atoms with Gasteiger partial charge in [0, 0.05) is 21.2 Å². The van der Waals surface area contributed by atoms with Crippen molar-refractivity contribution in [2.24, 2.45) is 5.10 Å². The summed E-state index contributed by atoms with van der Waals surface area (Å²) in [5.41, 5.74) is 3.95. The van der Waals surface area contributed by atoms with Crippen molar-refractivity contribution < 1.29 is 9.53 Å². The van der Waals surface area contributed by atoms with E-state index in [-0.39, 0.29) is 6.61 Å². The molecule has 0 saturated heterocycles. The molecule has 0 aliphatic heterocycles. The Bertz CT molecular complexity index is 726. The summed E-state index contributed by atoms with van der Waals surface area (Å²) >= 11 is 9.35. The fourth-order valence-corrected chi connectivity index (χ4v) is 3.77. The van der Waals surface area contributed by atoms with Crippen LogP contribution in [0, 0.1) is 0 Å².